The van der Waals surface area contributed by atoms with Gasteiger partial charge in [-0.3, -0.25) is 4.90 Å². The summed E-state index contributed by atoms with van der Waals surface area (Å²) in [5, 5.41) is 13.3. The average Bonchev–Trinajstić information content (AvgIpc) is 2.91. The van der Waals surface area contributed by atoms with E-state index in [0.717, 1.165) is 19.0 Å². The molecule has 0 amide bonds. The Labute approximate surface area is 140 Å². The molecule has 3 rings (SSSR count). The van der Waals surface area contributed by atoms with Gasteiger partial charge in [0.2, 0.25) is 0 Å². The van der Waals surface area contributed by atoms with Crippen molar-refractivity contribution >= 4 is 0 Å². The number of aliphatic hydroxyl groups is 1. The summed E-state index contributed by atoms with van der Waals surface area (Å²) in [6.07, 6.45) is 0.404. The summed E-state index contributed by atoms with van der Waals surface area (Å²) in [4.78, 5) is 2.26. The van der Waals surface area contributed by atoms with Crippen LogP contribution in [-0.2, 0) is 13.1 Å². The number of aliphatic hydroxyl groups excluding tert-OH is 1. The first-order valence-electron chi connectivity index (χ1n) is 8.22. The molecule has 0 aromatic heterocycles. The van der Waals surface area contributed by atoms with Crippen molar-refractivity contribution in [1.29, 1.82) is 0 Å². The minimum atomic E-state index is -0.827. The highest BCUT2D eigenvalue weighted by Crippen LogP contribution is 2.20. The molecule has 0 spiro atoms. The molecule has 3 nitrogen and oxygen atoms in total. The van der Waals surface area contributed by atoms with Crippen LogP contribution >= 0.6 is 0 Å². The van der Waals surface area contributed by atoms with Gasteiger partial charge in [-0.25, -0.2) is 8.78 Å². The molecule has 0 radical (unpaired) electrons. The first kappa shape index (κ1) is 17.0. The number of β-amino-alcohol motifs (C(OH)–C–C–N with tert-alkyl or cyclic N) is 1. The van der Waals surface area contributed by atoms with Gasteiger partial charge in [0.15, 0.2) is 11.6 Å². The zero-order valence-corrected chi connectivity index (χ0v) is 13.5. The van der Waals surface area contributed by atoms with E-state index >= 15 is 0 Å². The van der Waals surface area contributed by atoms with Gasteiger partial charge in [0.1, 0.15) is 0 Å². The first-order chi connectivity index (χ1) is 11.6. The third kappa shape index (κ3) is 4.38. The lowest BCUT2D eigenvalue weighted by Gasteiger charge is -2.24. The van der Waals surface area contributed by atoms with Crippen LogP contribution in [0.5, 0.6) is 0 Å². The quantitative estimate of drug-likeness (QED) is 0.854. The minimum Gasteiger partial charge on any atom is -0.392 e. The normalized spacial score (nSPS) is 21.3. The van der Waals surface area contributed by atoms with Crippen LogP contribution in [0.15, 0.2) is 48.5 Å². The van der Waals surface area contributed by atoms with Crippen molar-refractivity contribution in [3.63, 3.8) is 0 Å². The highest BCUT2D eigenvalue weighted by Gasteiger charge is 2.30. The van der Waals surface area contributed by atoms with Crippen LogP contribution in [0.2, 0.25) is 0 Å². The molecule has 1 heterocycles. The molecule has 1 fully saturated rings. The molecule has 1 saturated heterocycles. The number of benzene rings is 2. The second-order valence-electron chi connectivity index (χ2n) is 6.34. The molecule has 24 heavy (non-hydrogen) atoms. The molecule has 2 atom stereocenters. The molecule has 2 aromatic rings. The lowest BCUT2D eigenvalue weighted by Crippen LogP contribution is -2.37. The highest BCUT2D eigenvalue weighted by atomic mass is 19.2. The van der Waals surface area contributed by atoms with Gasteiger partial charge in [0.25, 0.3) is 0 Å². The Morgan fingerprint density at radius 3 is 2.58 bits per heavy atom. The molecular formula is C19H22F2N2O. The topological polar surface area (TPSA) is 35.5 Å². The molecule has 1 aliphatic heterocycles. The number of rotatable bonds is 6. The zero-order chi connectivity index (χ0) is 16.9. The van der Waals surface area contributed by atoms with Crippen molar-refractivity contribution in [2.75, 3.05) is 13.1 Å². The van der Waals surface area contributed by atoms with Gasteiger partial charge in [-0.15, -0.1) is 0 Å². The first-order valence-corrected chi connectivity index (χ1v) is 8.22. The number of hydrogen-bond acceptors (Lipinski definition) is 3. The second-order valence-corrected chi connectivity index (χ2v) is 6.34. The van der Waals surface area contributed by atoms with Crippen molar-refractivity contribution in [2.24, 2.45) is 0 Å². The van der Waals surface area contributed by atoms with E-state index in [2.05, 4.69) is 22.3 Å². The summed E-state index contributed by atoms with van der Waals surface area (Å²) in [6, 6.07) is 14.3. The Kier molecular flexibility index (Phi) is 5.56. The fourth-order valence-electron chi connectivity index (χ4n) is 3.21. The van der Waals surface area contributed by atoms with Crippen molar-refractivity contribution < 1.29 is 13.9 Å². The van der Waals surface area contributed by atoms with Crippen molar-refractivity contribution in [3.05, 3.63) is 71.3 Å². The van der Waals surface area contributed by atoms with Crippen molar-refractivity contribution in [2.45, 2.75) is 31.7 Å². The molecular weight excluding hydrogens is 310 g/mol. The van der Waals surface area contributed by atoms with Gasteiger partial charge in [0, 0.05) is 32.2 Å². The van der Waals surface area contributed by atoms with Gasteiger partial charge in [0.05, 0.1) is 6.10 Å². The van der Waals surface area contributed by atoms with Crippen LogP contribution < -0.4 is 5.32 Å². The summed E-state index contributed by atoms with van der Waals surface area (Å²) in [7, 11) is 0. The predicted octanol–water partition coefficient (Wildman–Crippen LogP) is 2.69. The molecule has 0 bridgehead atoms. The van der Waals surface area contributed by atoms with Crippen LogP contribution in [0.3, 0.4) is 0 Å². The summed E-state index contributed by atoms with van der Waals surface area (Å²) in [5.74, 6) is -1.65. The van der Waals surface area contributed by atoms with Crippen molar-refractivity contribution in [1.82, 2.24) is 10.2 Å². The summed E-state index contributed by atoms with van der Waals surface area (Å²) < 4.78 is 26.2. The van der Waals surface area contributed by atoms with E-state index in [0.29, 0.717) is 25.2 Å². The van der Waals surface area contributed by atoms with Gasteiger partial charge in [-0.05, 0) is 29.7 Å². The Bertz CT molecular complexity index is 666. The highest BCUT2D eigenvalue weighted by molar-refractivity contribution is 5.18. The molecule has 5 heteroatoms. The Morgan fingerprint density at radius 2 is 1.83 bits per heavy atom. The number of likely N-dealkylation sites (tertiary alicyclic amines) is 1. The monoisotopic (exact) mass is 332 g/mol. The van der Waals surface area contributed by atoms with Crippen LogP contribution in [0.1, 0.15) is 17.5 Å². The summed E-state index contributed by atoms with van der Waals surface area (Å²) in [6.45, 7) is 2.63. The predicted molar refractivity (Wildman–Crippen MR) is 89.3 cm³/mol. The maximum absolute atomic E-state index is 13.2. The van der Waals surface area contributed by atoms with E-state index in [-0.39, 0.29) is 12.1 Å². The maximum atomic E-state index is 13.2. The number of nitrogens with one attached hydrogen (secondary N) is 1. The van der Waals surface area contributed by atoms with E-state index in [1.165, 1.54) is 11.6 Å². The number of hydrogen-bond donors (Lipinski definition) is 2. The van der Waals surface area contributed by atoms with E-state index < -0.39 is 11.6 Å². The smallest absolute Gasteiger partial charge is 0.159 e. The minimum absolute atomic E-state index is 0.227. The van der Waals surface area contributed by atoms with Gasteiger partial charge in [-0.2, -0.15) is 0 Å². The van der Waals surface area contributed by atoms with Gasteiger partial charge < -0.3 is 10.4 Å². The Hall–Kier alpha value is -1.82. The molecule has 0 aliphatic carbocycles. The molecule has 0 saturated carbocycles. The molecule has 128 valence electrons. The zero-order valence-electron chi connectivity index (χ0n) is 13.5. The van der Waals surface area contributed by atoms with E-state index in [4.69, 9.17) is 0 Å². The lowest BCUT2D eigenvalue weighted by molar-refractivity contribution is 0.172. The second kappa shape index (κ2) is 7.83. The van der Waals surface area contributed by atoms with Crippen LogP contribution in [-0.4, -0.2) is 35.2 Å². The van der Waals surface area contributed by atoms with Crippen LogP contribution in [0.4, 0.5) is 8.78 Å². The van der Waals surface area contributed by atoms with Crippen LogP contribution in [0, 0.1) is 11.6 Å². The molecule has 2 aromatic carbocycles. The molecule has 2 N–H and O–H groups in total. The third-order valence-corrected chi connectivity index (χ3v) is 4.43. The summed E-state index contributed by atoms with van der Waals surface area (Å²) in [5.41, 5.74) is 1.93. The van der Waals surface area contributed by atoms with E-state index in [1.54, 1.807) is 6.07 Å². The third-order valence-electron chi connectivity index (χ3n) is 4.43. The van der Waals surface area contributed by atoms with Gasteiger partial charge in [-0.1, -0.05) is 36.4 Å². The maximum Gasteiger partial charge on any atom is 0.159 e. The fraction of sp³-hybridized carbons (Fsp3) is 0.368. The lowest BCUT2D eigenvalue weighted by atomic mass is 10.1. The van der Waals surface area contributed by atoms with Gasteiger partial charge >= 0.3 is 0 Å². The SMILES string of the molecule is OC1CC(CNCc2ccc(F)c(F)c2)N(Cc2ccccc2)C1. The largest absolute Gasteiger partial charge is 0.392 e. The Balaban J connectivity index is 1.53. The van der Waals surface area contributed by atoms with Crippen LogP contribution in [0.25, 0.3) is 0 Å². The number of nitrogens with zero attached hydrogens (tertiary/aromatic N) is 1. The molecule has 2 unspecified atom stereocenters. The fourth-order valence-corrected chi connectivity index (χ4v) is 3.21. The van der Waals surface area contributed by atoms with E-state index in [9.17, 15) is 13.9 Å². The average molecular weight is 332 g/mol. The Morgan fingerprint density at radius 1 is 1.04 bits per heavy atom. The summed E-state index contributed by atoms with van der Waals surface area (Å²) >= 11 is 0. The molecule has 1 aliphatic rings. The van der Waals surface area contributed by atoms with Crippen molar-refractivity contribution in [3.8, 4) is 0 Å². The number of halogens is 2. The van der Waals surface area contributed by atoms with E-state index in [1.807, 2.05) is 18.2 Å². The standard InChI is InChI=1S/C19H22F2N2O/c20-18-7-6-15(8-19(18)21)10-22-11-16-9-17(24)13-23(16)12-14-4-2-1-3-5-14/h1-8,16-17,22,24H,9-13H2.